The van der Waals surface area contributed by atoms with Crippen LogP contribution < -0.4 is 5.32 Å². The zero-order valence-electron chi connectivity index (χ0n) is 21.0. The van der Waals surface area contributed by atoms with Crippen molar-refractivity contribution in [3.8, 4) is 0 Å². The Morgan fingerprint density at radius 1 is 0.919 bits per heavy atom. The highest BCUT2D eigenvalue weighted by Crippen LogP contribution is 2.59. The van der Waals surface area contributed by atoms with Crippen molar-refractivity contribution in [2.45, 2.75) is 31.6 Å². The van der Waals surface area contributed by atoms with E-state index in [1.165, 1.54) is 23.3 Å². The number of likely N-dealkylation sites (tertiary alicyclic amines) is 1. The first-order valence-electron chi connectivity index (χ1n) is 13.1. The lowest BCUT2D eigenvalue weighted by atomic mass is 9.88. The van der Waals surface area contributed by atoms with Crippen molar-refractivity contribution >= 4 is 17.9 Å². The molecule has 0 aromatic heterocycles. The average molecular weight is 497 g/mol. The third-order valence-electron chi connectivity index (χ3n) is 8.00. The minimum Gasteiger partial charge on any atom is -0.356 e. The molecule has 1 N–H and O–H groups in total. The maximum absolute atomic E-state index is 13.1. The van der Waals surface area contributed by atoms with Gasteiger partial charge in [-0.05, 0) is 66.0 Å². The van der Waals surface area contributed by atoms with Crippen molar-refractivity contribution in [1.82, 2.24) is 10.2 Å². The molecule has 190 valence electrons. The van der Waals surface area contributed by atoms with Crippen LogP contribution in [0.5, 0.6) is 0 Å². The molecule has 3 aromatic carbocycles. The predicted octanol–water partition coefficient (Wildman–Crippen LogP) is 5.81. The van der Waals surface area contributed by atoms with Gasteiger partial charge in [-0.25, -0.2) is 4.39 Å². The Balaban J connectivity index is 1.10. The van der Waals surface area contributed by atoms with E-state index in [9.17, 15) is 14.0 Å². The maximum Gasteiger partial charge on any atom is 0.246 e. The van der Waals surface area contributed by atoms with Gasteiger partial charge in [-0.3, -0.25) is 9.59 Å². The van der Waals surface area contributed by atoms with Crippen LogP contribution in [-0.2, 0) is 9.59 Å². The molecule has 2 fully saturated rings. The van der Waals surface area contributed by atoms with Crippen molar-refractivity contribution in [3.63, 3.8) is 0 Å². The Labute approximate surface area is 218 Å². The van der Waals surface area contributed by atoms with E-state index >= 15 is 0 Å². The van der Waals surface area contributed by atoms with Crippen molar-refractivity contribution in [3.05, 3.63) is 114 Å². The molecule has 1 saturated heterocycles. The van der Waals surface area contributed by atoms with Gasteiger partial charge in [0.2, 0.25) is 11.8 Å². The van der Waals surface area contributed by atoms with E-state index in [0.29, 0.717) is 19.6 Å². The smallest absolute Gasteiger partial charge is 0.246 e. The van der Waals surface area contributed by atoms with Crippen LogP contribution in [0, 0.1) is 17.2 Å². The number of hydrogen-bond acceptors (Lipinski definition) is 2. The van der Waals surface area contributed by atoms with Crippen LogP contribution in [0.1, 0.15) is 48.3 Å². The summed E-state index contributed by atoms with van der Waals surface area (Å²) in [6.07, 6.45) is 6.75. The number of carbonyl (C=O) groups is 2. The van der Waals surface area contributed by atoms with Gasteiger partial charge in [-0.1, -0.05) is 72.8 Å². The van der Waals surface area contributed by atoms with Crippen molar-refractivity contribution in [2.75, 3.05) is 19.6 Å². The lowest BCUT2D eigenvalue weighted by Crippen LogP contribution is -2.40. The lowest BCUT2D eigenvalue weighted by Gasteiger charge is -2.32. The molecule has 3 aromatic rings. The number of benzene rings is 3. The van der Waals surface area contributed by atoms with E-state index in [4.69, 9.17) is 0 Å². The Morgan fingerprint density at radius 2 is 1.51 bits per heavy atom. The molecule has 5 heteroatoms. The largest absolute Gasteiger partial charge is 0.356 e. The SMILES string of the molecule is O=C(NCCC(c1ccccc1)c1ccccc1)C1CC12CCN(C(=O)C=Cc1ccc(F)cc1)CC2. The number of nitrogens with one attached hydrogen (secondary N) is 1. The summed E-state index contributed by atoms with van der Waals surface area (Å²) >= 11 is 0. The first-order chi connectivity index (χ1) is 18.0. The quantitative estimate of drug-likeness (QED) is 0.401. The van der Waals surface area contributed by atoms with Crippen LogP contribution in [0.25, 0.3) is 6.08 Å². The molecule has 1 atom stereocenters. The van der Waals surface area contributed by atoms with Crippen LogP contribution in [0.4, 0.5) is 4.39 Å². The molecule has 1 heterocycles. The third-order valence-corrected chi connectivity index (χ3v) is 8.00. The van der Waals surface area contributed by atoms with Crippen LogP contribution in [0.15, 0.2) is 91.0 Å². The minimum atomic E-state index is -0.292. The Kier molecular flexibility index (Phi) is 7.50. The van der Waals surface area contributed by atoms with Crippen LogP contribution in [-0.4, -0.2) is 36.3 Å². The molecule has 2 amide bonds. The highest BCUT2D eigenvalue weighted by molar-refractivity contribution is 5.92. The van der Waals surface area contributed by atoms with Crippen LogP contribution in [0.2, 0.25) is 0 Å². The van der Waals surface area contributed by atoms with Gasteiger partial charge in [0, 0.05) is 37.5 Å². The Bertz CT molecular complexity index is 1190. The summed E-state index contributed by atoms with van der Waals surface area (Å²) in [6, 6.07) is 27.0. The Morgan fingerprint density at radius 3 is 2.11 bits per heavy atom. The van der Waals surface area contributed by atoms with Crippen LogP contribution >= 0.6 is 0 Å². The molecule has 2 aliphatic rings. The molecule has 0 bridgehead atoms. The van der Waals surface area contributed by atoms with Gasteiger partial charge < -0.3 is 10.2 Å². The summed E-state index contributed by atoms with van der Waals surface area (Å²) in [6.45, 7) is 1.97. The molecular weight excluding hydrogens is 463 g/mol. The van der Waals surface area contributed by atoms with Gasteiger partial charge in [0.15, 0.2) is 0 Å². The third kappa shape index (κ3) is 5.99. The standard InChI is InChI=1S/C32H33FN2O2/c33-27-14-11-24(12-15-27)13-16-30(36)35-21-18-32(19-22-35)23-29(32)31(37)34-20-17-28(25-7-3-1-4-8-25)26-9-5-2-6-10-26/h1-16,28-29H,17-23H2,(H,34,37). The number of amides is 2. The summed E-state index contributed by atoms with van der Waals surface area (Å²) in [5, 5.41) is 3.21. The van der Waals surface area contributed by atoms with E-state index in [2.05, 4.69) is 53.8 Å². The topological polar surface area (TPSA) is 49.4 Å². The van der Waals surface area contributed by atoms with Gasteiger partial charge in [-0.2, -0.15) is 0 Å². The number of carbonyl (C=O) groups excluding carboxylic acids is 2. The fraction of sp³-hybridized carbons (Fsp3) is 0.312. The molecule has 1 saturated carbocycles. The first kappa shape index (κ1) is 24.9. The fourth-order valence-electron chi connectivity index (χ4n) is 5.65. The average Bonchev–Trinajstić information content (AvgIpc) is 3.65. The summed E-state index contributed by atoms with van der Waals surface area (Å²) in [5.41, 5.74) is 3.36. The maximum atomic E-state index is 13.1. The number of nitrogens with zero attached hydrogens (tertiary/aromatic N) is 1. The van der Waals surface area contributed by atoms with Gasteiger partial charge in [0.05, 0.1) is 0 Å². The monoisotopic (exact) mass is 496 g/mol. The predicted molar refractivity (Wildman–Crippen MR) is 144 cm³/mol. The van der Waals surface area contributed by atoms with Gasteiger partial charge in [0.1, 0.15) is 5.82 Å². The number of hydrogen-bond donors (Lipinski definition) is 1. The molecular formula is C32H33FN2O2. The van der Waals surface area contributed by atoms with E-state index in [1.807, 2.05) is 17.0 Å². The zero-order chi connectivity index (χ0) is 25.7. The van der Waals surface area contributed by atoms with Crippen molar-refractivity contribution in [2.24, 2.45) is 11.3 Å². The molecule has 0 radical (unpaired) electrons. The summed E-state index contributed by atoms with van der Waals surface area (Å²) in [5.74, 6) is 0.115. The van der Waals surface area contributed by atoms with Gasteiger partial charge in [0.25, 0.3) is 0 Å². The van der Waals surface area contributed by atoms with E-state index in [-0.39, 0.29) is 34.9 Å². The summed E-state index contributed by atoms with van der Waals surface area (Å²) in [7, 11) is 0. The number of halogens is 1. The molecule has 1 unspecified atom stereocenters. The van der Waals surface area contributed by atoms with Crippen molar-refractivity contribution in [1.29, 1.82) is 0 Å². The summed E-state index contributed by atoms with van der Waals surface area (Å²) < 4.78 is 13.1. The second-order valence-electron chi connectivity index (χ2n) is 10.3. The molecule has 1 aliphatic carbocycles. The molecule has 37 heavy (non-hydrogen) atoms. The zero-order valence-corrected chi connectivity index (χ0v) is 21.0. The number of piperidine rings is 1. The summed E-state index contributed by atoms with van der Waals surface area (Å²) in [4.78, 5) is 27.5. The molecule has 4 nitrogen and oxygen atoms in total. The fourth-order valence-corrected chi connectivity index (χ4v) is 5.65. The van der Waals surface area contributed by atoms with Gasteiger partial charge in [-0.15, -0.1) is 0 Å². The highest BCUT2D eigenvalue weighted by Gasteiger charge is 2.58. The second-order valence-corrected chi connectivity index (χ2v) is 10.3. The van der Waals surface area contributed by atoms with Gasteiger partial charge >= 0.3 is 0 Å². The van der Waals surface area contributed by atoms with E-state index in [1.54, 1.807) is 24.3 Å². The van der Waals surface area contributed by atoms with E-state index in [0.717, 1.165) is 31.2 Å². The molecule has 5 rings (SSSR count). The second kappa shape index (κ2) is 11.1. The minimum absolute atomic E-state index is 0.0336. The first-order valence-corrected chi connectivity index (χ1v) is 13.1. The van der Waals surface area contributed by atoms with Crippen molar-refractivity contribution < 1.29 is 14.0 Å². The number of rotatable bonds is 8. The molecule has 1 spiro atoms. The lowest BCUT2D eigenvalue weighted by molar-refractivity contribution is -0.127. The molecule has 1 aliphatic heterocycles. The highest BCUT2D eigenvalue weighted by atomic mass is 19.1. The van der Waals surface area contributed by atoms with E-state index < -0.39 is 0 Å². The Hall–Kier alpha value is -3.73. The normalized spacial score (nSPS) is 18.3. The van der Waals surface area contributed by atoms with Crippen LogP contribution in [0.3, 0.4) is 0 Å².